The van der Waals surface area contributed by atoms with Gasteiger partial charge in [-0.3, -0.25) is 9.52 Å². The van der Waals surface area contributed by atoms with Crippen LogP contribution in [0.1, 0.15) is 43.1 Å². The topological polar surface area (TPSA) is 75.3 Å². The van der Waals surface area contributed by atoms with Crippen LogP contribution in [0, 0.1) is 6.92 Å². The van der Waals surface area contributed by atoms with E-state index in [-0.39, 0.29) is 16.3 Å². The molecule has 2 aromatic carbocycles. The maximum absolute atomic E-state index is 12.5. The van der Waals surface area contributed by atoms with Gasteiger partial charge in [0.1, 0.15) is 0 Å². The Morgan fingerprint density at radius 3 is 2.27 bits per heavy atom. The smallest absolute Gasteiger partial charge is 0.261 e. The summed E-state index contributed by atoms with van der Waals surface area (Å²) in [6, 6.07) is 10.8. The van der Waals surface area contributed by atoms with E-state index in [0.29, 0.717) is 21.8 Å². The first-order valence-electron chi connectivity index (χ1n) is 8.25. The molecule has 0 saturated carbocycles. The van der Waals surface area contributed by atoms with Gasteiger partial charge in [-0.25, -0.2) is 8.42 Å². The van der Waals surface area contributed by atoms with Crippen LogP contribution in [0.15, 0.2) is 47.4 Å². The second-order valence-corrected chi connectivity index (χ2v) is 8.90. The van der Waals surface area contributed by atoms with Gasteiger partial charge in [-0.15, -0.1) is 0 Å². The van der Waals surface area contributed by atoms with Crippen LogP contribution >= 0.6 is 11.6 Å². The average Bonchev–Trinajstić information content (AvgIpc) is 2.56. The number of sulfonamides is 1. The molecule has 0 aliphatic rings. The fourth-order valence-electron chi connectivity index (χ4n) is 2.20. The second kappa shape index (κ2) is 7.68. The number of benzene rings is 2. The van der Waals surface area contributed by atoms with Gasteiger partial charge in [0.05, 0.1) is 10.6 Å². The van der Waals surface area contributed by atoms with Gasteiger partial charge in [0.25, 0.3) is 15.9 Å². The molecule has 0 spiro atoms. The van der Waals surface area contributed by atoms with Crippen molar-refractivity contribution < 1.29 is 13.2 Å². The van der Waals surface area contributed by atoms with Crippen molar-refractivity contribution in [3.63, 3.8) is 0 Å². The molecule has 0 heterocycles. The van der Waals surface area contributed by atoms with Crippen molar-refractivity contribution in [2.75, 3.05) is 4.72 Å². The van der Waals surface area contributed by atoms with Gasteiger partial charge in [0.15, 0.2) is 0 Å². The number of carbonyl (C=O) groups is 1. The molecule has 0 radical (unpaired) electrons. The monoisotopic (exact) mass is 394 g/mol. The molecule has 0 aromatic heterocycles. The number of aryl methyl sites for hydroxylation is 1. The van der Waals surface area contributed by atoms with Crippen molar-refractivity contribution in [2.24, 2.45) is 0 Å². The minimum absolute atomic E-state index is 0.118. The molecule has 2 aromatic rings. The molecule has 0 fully saturated rings. The number of hydrogen-bond acceptors (Lipinski definition) is 3. The molecule has 0 atom stereocenters. The predicted octanol–water partition coefficient (Wildman–Crippen LogP) is 4.37. The summed E-state index contributed by atoms with van der Waals surface area (Å²) in [6.07, 6.45) is 0.802. The molecular weight excluding hydrogens is 372 g/mol. The summed E-state index contributed by atoms with van der Waals surface area (Å²) in [5.41, 5.74) is 1.26. The quantitative estimate of drug-likeness (QED) is 0.763. The summed E-state index contributed by atoms with van der Waals surface area (Å²) < 4.78 is 27.5. The van der Waals surface area contributed by atoms with Crippen molar-refractivity contribution in [3.8, 4) is 0 Å². The number of halogens is 1. The van der Waals surface area contributed by atoms with Crippen LogP contribution in [0.2, 0.25) is 5.02 Å². The van der Waals surface area contributed by atoms with Gasteiger partial charge in [-0.2, -0.15) is 0 Å². The molecule has 0 saturated heterocycles. The van der Waals surface area contributed by atoms with E-state index in [1.54, 1.807) is 25.1 Å². The van der Waals surface area contributed by atoms with Crippen molar-refractivity contribution in [2.45, 2.75) is 44.6 Å². The molecule has 26 heavy (non-hydrogen) atoms. The largest absolute Gasteiger partial charge is 0.347 e. The fourth-order valence-corrected chi connectivity index (χ4v) is 3.46. The maximum atomic E-state index is 12.5. The highest BCUT2D eigenvalue weighted by atomic mass is 35.5. The summed E-state index contributed by atoms with van der Waals surface area (Å²) in [6.45, 7) is 7.65. The van der Waals surface area contributed by atoms with E-state index in [2.05, 4.69) is 10.0 Å². The minimum Gasteiger partial charge on any atom is -0.347 e. The highest BCUT2D eigenvalue weighted by Crippen LogP contribution is 2.22. The lowest BCUT2D eigenvalue weighted by molar-refractivity contribution is 0.0911. The Morgan fingerprint density at radius 2 is 1.73 bits per heavy atom. The summed E-state index contributed by atoms with van der Waals surface area (Å²) in [5.74, 6) is -0.188. The molecule has 5 nitrogen and oxygen atoms in total. The van der Waals surface area contributed by atoms with Crippen molar-refractivity contribution in [3.05, 3.63) is 58.6 Å². The van der Waals surface area contributed by atoms with Crippen LogP contribution < -0.4 is 10.0 Å². The molecule has 0 unspecified atom stereocenters. The number of amides is 1. The molecular formula is C19H23ClN2O3S. The van der Waals surface area contributed by atoms with Gasteiger partial charge in [-0.1, -0.05) is 18.5 Å². The predicted molar refractivity (Wildman–Crippen MR) is 105 cm³/mol. The van der Waals surface area contributed by atoms with Crippen molar-refractivity contribution in [1.82, 2.24) is 5.32 Å². The Bertz CT molecular complexity index is 907. The number of anilines is 1. The van der Waals surface area contributed by atoms with Gasteiger partial charge >= 0.3 is 0 Å². The van der Waals surface area contributed by atoms with Crippen LogP contribution in [0.5, 0.6) is 0 Å². The first kappa shape index (κ1) is 20.3. The third kappa shape index (κ3) is 4.99. The van der Waals surface area contributed by atoms with E-state index >= 15 is 0 Å². The Kier molecular flexibility index (Phi) is 5.98. The SMILES string of the molecule is CCC(C)(C)NC(=O)c1ccc(NS(=O)(=O)c2ccc(Cl)cc2)c(C)c1. The highest BCUT2D eigenvalue weighted by Gasteiger charge is 2.20. The zero-order chi connectivity index (χ0) is 19.5. The lowest BCUT2D eigenvalue weighted by atomic mass is 10.0. The Morgan fingerprint density at radius 1 is 1.12 bits per heavy atom. The van der Waals surface area contributed by atoms with E-state index in [9.17, 15) is 13.2 Å². The molecule has 140 valence electrons. The van der Waals surface area contributed by atoms with E-state index < -0.39 is 10.0 Å². The average molecular weight is 395 g/mol. The molecule has 7 heteroatoms. The lowest BCUT2D eigenvalue weighted by Crippen LogP contribution is -2.42. The third-order valence-corrected chi connectivity index (χ3v) is 5.83. The minimum atomic E-state index is -3.73. The standard InChI is InChI=1S/C19H23ClN2O3S/c1-5-19(3,4)21-18(23)14-6-11-17(13(2)12-14)22-26(24,25)16-9-7-15(20)8-10-16/h6-12,22H,5H2,1-4H3,(H,21,23). The van der Waals surface area contributed by atoms with E-state index in [1.807, 2.05) is 20.8 Å². The van der Waals surface area contributed by atoms with Crippen LogP contribution in [-0.4, -0.2) is 19.9 Å². The van der Waals surface area contributed by atoms with E-state index in [1.165, 1.54) is 24.3 Å². The van der Waals surface area contributed by atoms with Crippen LogP contribution in [0.4, 0.5) is 5.69 Å². The number of rotatable bonds is 6. The van der Waals surface area contributed by atoms with Crippen LogP contribution in [0.25, 0.3) is 0 Å². The molecule has 1 amide bonds. The van der Waals surface area contributed by atoms with Gasteiger partial charge in [0, 0.05) is 16.1 Å². The number of carbonyl (C=O) groups excluding carboxylic acids is 1. The van der Waals surface area contributed by atoms with Crippen molar-refractivity contribution >= 4 is 33.2 Å². The van der Waals surface area contributed by atoms with E-state index in [0.717, 1.165) is 6.42 Å². The second-order valence-electron chi connectivity index (χ2n) is 6.78. The summed E-state index contributed by atoms with van der Waals surface area (Å²) in [7, 11) is -3.73. The normalized spacial score (nSPS) is 11.9. The highest BCUT2D eigenvalue weighted by molar-refractivity contribution is 7.92. The fraction of sp³-hybridized carbons (Fsp3) is 0.316. The Labute approximate surface area is 159 Å². The van der Waals surface area contributed by atoms with Gasteiger partial charge < -0.3 is 5.32 Å². The van der Waals surface area contributed by atoms with Crippen LogP contribution in [0.3, 0.4) is 0 Å². The summed E-state index contributed by atoms with van der Waals surface area (Å²) in [4.78, 5) is 12.5. The zero-order valence-corrected chi connectivity index (χ0v) is 16.8. The van der Waals surface area contributed by atoms with Crippen LogP contribution in [-0.2, 0) is 10.0 Å². The molecule has 0 aliphatic carbocycles. The molecule has 2 rings (SSSR count). The first-order valence-corrected chi connectivity index (χ1v) is 10.1. The summed E-state index contributed by atoms with van der Waals surface area (Å²) >= 11 is 5.80. The summed E-state index contributed by atoms with van der Waals surface area (Å²) in [5, 5.41) is 3.42. The maximum Gasteiger partial charge on any atom is 0.261 e. The molecule has 2 N–H and O–H groups in total. The van der Waals surface area contributed by atoms with E-state index in [4.69, 9.17) is 11.6 Å². The lowest BCUT2D eigenvalue weighted by Gasteiger charge is -2.24. The molecule has 0 aliphatic heterocycles. The van der Waals surface area contributed by atoms with Crippen molar-refractivity contribution in [1.29, 1.82) is 0 Å². The Hall–Kier alpha value is -2.05. The zero-order valence-electron chi connectivity index (χ0n) is 15.3. The first-order chi connectivity index (χ1) is 12.0. The molecule has 0 bridgehead atoms. The Balaban J connectivity index is 2.22. The van der Waals surface area contributed by atoms with Gasteiger partial charge in [0.2, 0.25) is 0 Å². The number of nitrogens with one attached hydrogen (secondary N) is 2. The third-order valence-electron chi connectivity index (χ3n) is 4.19. The van der Waals surface area contributed by atoms with Gasteiger partial charge in [-0.05, 0) is 75.2 Å². The number of hydrogen-bond donors (Lipinski definition) is 2.